The summed E-state index contributed by atoms with van der Waals surface area (Å²) in [5.41, 5.74) is 4.73. The van der Waals surface area contributed by atoms with Crippen molar-refractivity contribution in [1.82, 2.24) is 0 Å². The van der Waals surface area contributed by atoms with Crippen LogP contribution in [0.5, 0.6) is 0 Å². The van der Waals surface area contributed by atoms with Gasteiger partial charge < -0.3 is 0 Å². The summed E-state index contributed by atoms with van der Waals surface area (Å²) in [6, 6.07) is 11.4. The monoisotopic (exact) mass is 210 g/mol. The minimum Gasteiger partial charge on any atom is -0.0613 e. The highest BCUT2D eigenvalue weighted by atomic mass is 14.2. The molecule has 1 aliphatic carbocycles. The first-order valence-electron chi connectivity index (χ1n) is 6.31. The van der Waals surface area contributed by atoms with Crippen molar-refractivity contribution in [3.63, 3.8) is 0 Å². The van der Waals surface area contributed by atoms with Crippen LogP contribution in [0.1, 0.15) is 42.9 Å². The average molecular weight is 210 g/mol. The molecule has 0 radical (unpaired) electrons. The van der Waals surface area contributed by atoms with Crippen LogP contribution in [0.2, 0.25) is 0 Å². The van der Waals surface area contributed by atoms with Gasteiger partial charge in [-0.15, -0.1) is 0 Å². The molecule has 0 aliphatic heterocycles. The molecule has 0 spiro atoms. The lowest BCUT2D eigenvalue weighted by Crippen LogP contribution is -1.93. The van der Waals surface area contributed by atoms with Crippen LogP contribution >= 0.6 is 0 Å². The number of rotatable bonds is 1. The fraction of sp³-hybridized carbons (Fsp3) is 0.375. The summed E-state index contributed by atoms with van der Waals surface area (Å²) in [7, 11) is 0. The van der Waals surface area contributed by atoms with Gasteiger partial charge in [0.1, 0.15) is 0 Å². The highest BCUT2D eigenvalue weighted by Crippen LogP contribution is 2.34. The van der Waals surface area contributed by atoms with E-state index in [2.05, 4.69) is 44.2 Å². The lowest BCUT2D eigenvalue weighted by atomic mass is 9.91. The molecule has 0 fully saturated rings. The third-order valence-electron chi connectivity index (χ3n) is 3.78. The molecule has 0 heteroatoms. The van der Waals surface area contributed by atoms with Gasteiger partial charge in [0.05, 0.1) is 0 Å². The van der Waals surface area contributed by atoms with E-state index in [4.69, 9.17) is 0 Å². The smallest absolute Gasteiger partial charge is 0.0114 e. The Bertz CT molecular complexity index is 535. The van der Waals surface area contributed by atoms with Crippen LogP contribution in [-0.2, 0) is 12.8 Å². The molecule has 2 aromatic carbocycles. The first-order chi connectivity index (χ1) is 7.77. The summed E-state index contributed by atoms with van der Waals surface area (Å²) in [6.45, 7) is 4.59. The molecular weight excluding hydrogens is 192 g/mol. The fourth-order valence-electron chi connectivity index (χ4n) is 2.98. The van der Waals surface area contributed by atoms with Crippen LogP contribution < -0.4 is 0 Å². The van der Waals surface area contributed by atoms with Crippen molar-refractivity contribution >= 4 is 10.8 Å². The van der Waals surface area contributed by atoms with Crippen molar-refractivity contribution in [1.29, 1.82) is 0 Å². The van der Waals surface area contributed by atoms with Gasteiger partial charge in [0, 0.05) is 0 Å². The second kappa shape index (κ2) is 3.62. The van der Waals surface area contributed by atoms with Gasteiger partial charge in [-0.2, -0.15) is 0 Å². The Kier molecular flexibility index (Phi) is 2.24. The van der Waals surface area contributed by atoms with Crippen LogP contribution in [0.25, 0.3) is 10.8 Å². The van der Waals surface area contributed by atoms with Crippen molar-refractivity contribution in [3.05, 3.63) is 47.0 Å². The van der Waals surface area contributed by atoms with E-state index in [1.54, 1.807) is 16.5 Å². The van der Waals surface area contributed by atoms with Crippen molar-refractivity contribution < 1.29 is 0 Å². The molecule has 3 rings (SSSR count). The number of hydrogen-bond donors (Lipinski definition) is 0. The highest BCUT2D eigenvalue weighted by Gasteiger charge is 2.16. The van der Waals surface area contributed by atoms with Crippen LogP contribution in [0.3, 0.4) is 0 Å². The van der Waals surface area contributed by atoms with Crippen molar-refractivity contribution in [2.75, 3.05) is 0 Å². The Morgan fingerprint density at radius 2 is 1.88 bits per heavy atom. The van der Waals surface area contributed by atoms with E-state index >= 15 is 0 Å². The summed E-state index contributed by atoms with van der Waals surface area (Å²) in [6.07, 6.45) is 3.88. The molecule has 0 aromatic heterocycles. The van der Waals surface area contributed by atoms with Crippen molar-refractivity contribution in [2.24, 2.45) is 0 Å². The Morgan fingerprint density at radius 1 is 1.00 bits per heavy atom. The Hall–Kier alpha value is -1.30. The fourth-order valence-corrected chi connectivity index (χ4v) is 2.98. The Balaban J connectivity index is 2.40. The molecule has 0 heterocycles. The van der Waals surface area contributed by atoms with E-state index in [0.717, 1.165) is 0 Å². The summed E-state index contributed by atoms with van der Waals surface area (Å²) in [5.74, 6) is 0.621. The van der Waals surface area contributed by atoms with Gasteiger partial charge in [0.15, 0.2) is 0 Å². The zero-order valence-corrected chi connectivity index (χ0v) is 10.1. The lowest BCUT2D eigenvalue weighted by Gasteiger charge is -2.13. The Labute approximate surface area is 97.3 Å². The van der Waals surface area contributed by atoms with Crippen molar-refractivity contribution in [2.45, 2.75) is 39.0 Å². The minimum absolute atomic E-state index is 0.621. The molecule has 0 N–H and O–H groups in total. The minimum atomic E-state index is 0.621. The van der Waals surface area contributed by atoms with Gasteiger partial charge in [0.2, 0.25) is 0 Å². The lowest BCUT2D eigenvalue weighted by molar-refractivity contribution is 0.873. The molecule has 0 unspecified atom stereocenters. The maximum Gasteiger partial charge on any atom is -0.0114 e. The van der Waals surface area contributed by atoms with Crippen LogP contribution in [0.4, 0.5) is 0 Å². The second-order valence-electron chi connectivity index (χ2n) is 5.16. The van der Waals surface area contributed by atoms with Gasteiger partial charge in [0.25, 0.3) is 0 Å². The van der Waals surface area contributed by atoms with Gasteiger partial charge >= 0.3 is 0 Å². The zero-order chi connectivity index (χ0) is 11.1. The maximum atomic E-state index is 2.33. The van der Waals surface area contributed by atoms with Crippen LogP contribution in [0, 0.1) is 0 Å². The summed E-state index contributed by atoms with van der Waals surface area (Å²) >= 11 is 0. The van der Waals surface area contributed by atoms with E-state index in [9.17, 15) is 0 Å². The molecule has 82 valence electrons. The molecule has 0 saturated carbocycles. The summed E-state index contributed by atoms with van der Waals surface area (Å²) < 4.78 is 0. The second-order valence-corrected chi connectivity index (χ2v) is 5.16. The summed E-state index contributed by atoms with van der Waals surface area (Å²) in [4.78, 5) is 0. The van der Waals surface area contributed by atoms with Gasteiger partial charge in [-0.1, -0.05) is 44.2 Å². The van der Waals surface area contributed by atoms with E-state index in [1.165, 1.54) is 30.2 Å². The predicted octanol–water partition coefficient (Wildman–Crippen LogP) is 4.45. The molecule has 2 aromatic rings. The maximum absolute atomic E-state index is 2.33. The molecule has 16 heavy (non-hydrogen) atoms. The topological polar surface area (TPSA) is 0 Å². The predicted molar refractivity (Wildman–Crippen MR) is 70.1 cm³/mol. The third kappa shape index (κ3) is 1.36. The zero-order valence-electron chi connectivity index (χ0n) is 10.1. The number of hydrogen-bond acceptors (Lipinski definition) is 0. The summed E-state index contributed by atoms with van der Waals surface area (Å²) in [5, 5.41) is 2.97. The van der Waals surface area contributed by atoms with Gasteiger partial charge in [-0.25, -0.2) is 0 Å². The highest BCUT2D eigenvalue weighted by molar-refractivity contribution is 5.90. The van der Waals surface area contributed by atoms with Crippen LogP contribution in [0.15, 0.2) is 30.3 Å². The number of benzene rings is 2. The molecule has 0 nitrogen and oxygen atoms in total. The number of fused-ring (bicyclic) bond motifs is 3. The third-order valence-corrected chi connectivity index (χ3v) is 3.78. The SMILES string of the molecule is CC(C)c1cccc2ccc3c(c12)CCC3. The van der Waals surface area contributed by atoms with Crippen molar-refractivity contribution in [3.8, 4) is 0 Å². The number of aryl methyl sites for hydroxylation is 2. The van der Waals surface area contributed by atoms with E-state index in [1.807, 2.05) is 0 Å². The molecule has 0 bridgehead atoms. The Morgan fingerprint density at radius 3 is 2.69 bits per heavy atom. The molecule has 0 saturated heterocycles. The first-order valence-corrected chi connectivity index (χ1v) is 6.31. The largest absolute Gasteiger partial charge is 0.0613 e. The van der Waals surface area contributed by atoms with E-state index in [0.29, 0.717) is 5.92 Å². The average Bonchev–Trinajstić information content (AvgIpc) is 2.76. The van der Waals surface area contributed by atoms with Gasteiger partial charge in [-0.3, -0.25) is 0 Å². The molecule has 0 amide bonds. The molecule has 1 aliphatic rings. The van der Waals surface area contributed by atoms with Gasteiger partial charge in [-0.05, 0) is 52.6 Å². The molecular formula is C16H18. The normalized spacial score (nSPS) is 14.7. The quantitative estimate of drug-likeness (QED) is 0.652. The first kappa shape index (κ1) is 9.89. The van der Waals surface area contributed by atoms with E-state index in [-0.39, 0.29) is 0 Å². The molecule has 0 atom stereocenters. The standard InChI is InChI=1S/C16H18/c1-11(2)14-7-4-6-13-10-9-12-5-3-8-15(12)16(13)14/h4,6-7,9-11H,3,5,8H2,1-2H3. The van der Waals surface area contributed by atoms with Crippen LogP contribution in [-0.4, -0.2) is 0 Å². The van der Waals surface area contributed by atoms with E-state index < -0.39 is 0 Å².